The molecule has 4 nitrogen and oxygen atoms in total. The topological polar surface area (TPSA) is 49.4 Å². The molecule has 3 aromatic rings. The van der Waals surface area contributed by atoms with Gasteiger partial charge in [-0.05, 0) is 59.5 Å². The third-order valence-corrected chi connectivity index (χ3v) is 6.77. The summed E-state index contributed by atoms with van der Waals surface area (Å²) >= 11 is 24.4. The van der Waals surface area contributed by atoms with Gasteiger partial charge in [-0.2, -0.15) is 0 Å². The number of hydrogen-bond acceptors (Lipinski definition) is 2. The zero-order valence-corrected chi connectivity index (χ0v) is 20.4. The van der Waals surface area contributed by atoms with Crippen molar-refractivity contribution in [2.45, 2.75) is 31.5 Å². The minimum atomic E-state index is -0.625. The summed E-state index contributed by atoms with van der Waals surface area (Å²) < 4.78 is 0. The van der Waals surface area contributed by atoms with E-state index in [9.17, 15) is 9.59 Å². The molecule has 33 heavy (non-hydrogen) atoms. The molecule has 0 aliphatic carbocycles. The second-order valence-corrected chi connectivity index (χ2v) is 9.53. The lowest BCUT2D eigenvalue weighted by Gasteiger charge is -2.33. The second-order valence-electron chi connectivity index (χ2n) is 7.81. The van der Waals surface area contributed by atoms with Gasteiger partial charge in [0.2, 0.25) is 11.8 Å². The SMILES string of the molecule is O=C(NCc1ccc(Cl)cc1Cl)C1CCC(=O)N1C(c1ccc(Cl)cc1)c1ccc(Cl)cc1. The van der Waals surface area contributed by atoms with Crippen molar-refractivity contribution in [1.82, 2.24) is 10.2 Å². The number of nitrogens with one attached hydrogen (secondary N) is 1. The summed E-state index contributed by atoms with van der Waals surface area (Å²) in [7, 11) is 0. The van der Waals surface area contributed by atoms with Gasteiger partial charge < -0.3 is 10.2 Å². The van der Waals surface area contributed by atoms with Gasteiger partial charge in [0.05, 0.1) is 6.04 Å². The summed E-state index contributed by atoms with van der Waals surface area (Å²) in [6.45, 7) is 0.236. The normalized spacial score (nSPS) is 15.8. The van der Waals surface area contributed by atoms with Gasteiger partial charge in [-0.25, -0.2) is 0 Å². The fraction of sp³-hybridized carbons (Fsp3) is 0.200. The largest absolute Gasteiger partial charge is 0.350 e. The molecule has 0 radical (unpaired) electrons. The van der Waals surface area contributed by atoms with Crippen molar-refractivity contribution in [1.29, 1.82) is 0 Å². The molecule has 1 N–H and O–H groups in total. The highest BCUT2D eigenvalue weighted by atomic mass is 35.5. The third kappa shape index (κ3) is 5.47. The Bertz CT molecular complexity index is 1120. The number of likely N-dealkylation sites (tertiary alicyclic amines) is 1. The predicted octanol–water partition coefficient (Wildman–Crippen LogP) is 6.70. The van der Waals surface area contributed by atoms with Gasteiger partial charge in [0.1, 0.15) is 6.04 Å². The van der Waals surface area contributed by atoms with Crippen molar-refractivity contribution in [3.05, 3.63) is 104 Å². The molecule has 1 saturated heterocycles. The molecule has 0 bridgehead atoms. The summed E-state index contributed by atoms with van der Waals surface area (Å²) in [6.07, 6.45) is 0.716. The summed E-state index contributed by atoms with van der Waals surface area (Å²) in [5, 5.41) is 5.11. The maximum absolute atomic E-state index is 13.2. The van der Waals surface area contributed by atoms with Crippen molar-refractivity contribution in [3.8, 4) is 0 Å². The molecule has 1 heterocycles. The van der Waals surface area contributed by atoms with Crippen LogP contribution in [0.1, 0.15) is 35.6 Å². The molecular formula is C25H20Cl4N2O2. The Morgan fingerprint density at radius 3 is 1.97 bits per heavy atom. The molecule has 170 valence electrons. The number of carbonyl (C=O) groups excluding carboxylic acids is 2. The lowest BCUT2D eigenvalue weighted by molar-refractivity contribution is -0.137. The van der Waals surface area contributed by atoms with Gasteiger partial charge in [0, 0.05) is 33.1 Å². The Balaban J connectivity index is 1.63. The molecule has 8 heteroatoms. The minimum absolute atomic E-state index is 0.0884. The minimum Gasteiger partial charge on any atom is -0.350 e. The average molecular weight is 522 g/mol. The van der Waals surface area contributed by atoms with Crippen LogP contribution in [0.3, 0.4) is 0 Å². The molecule has 1 fully saturated rings. The van der Waals surface area contributed by atoms with Crippen LogP contribution < -0.4 is 5.32 Å². The van der Waals surface area contributed by atoms with E-state index >= 15 is 0 Å². The van der Waals surface area contributed by atoms with E-state index in [0.29, 0.717) is 26.5 Å². The molecule has 2 amide bonds. The Kier molecular flexibility index (Phi) is 7.50. The smallest absolute Gasteiger partial charge is 0.243 e. The van der Waals surface area contributed by atoms with E-state index in [1.54, 1.807) is 47.4 Å². The van der Waals surface area contributed by atoms with Crippen LogP contribution in [0.5, 0.6) is 0 Å². The molecular weight excluding hydrogens is 502 g/mol. The highest BCUT2D eigenvalue weighted by molar-refractivity contribution is 6.35. The molecule has 4 rings (SSSR count). The number of halogens is 4. The Labute approximate surface area is 212 Å². The third-order valence-electron chi connectivity index (χ3n) is 5.68. The van der Waals surface area contributed by atoms with E-state index in [2.05, 4.69) is 5.32 Å². The maximum atomic E-state index is 13.2. The van der Waals surface area contributed by atoms with Gasteiger partial charge in [-0.3, -0.25) is 9.59 Å². The van der Waals surface area contributed by atoms with Gasteiger partial charge in [0.15, 0.2) is 0 Å². The maximum Gasteiger partial charge on any atom is 0.243 e. The lowest BCUT2D eigenvalue weighted by atomic mass is 9.96. The van der Waals surface area contributed by atoms with Crippen molar-refractivity contribution in [3.63, 3.8) is 0 Å². The Morgan fingerprint density at radius 2 is 1.42 bits per heavy atom. The molecule has 0 spiro atoms. The zero-order chi connectivity index (χ0) is 23.5. The Morgan fingerprint density at radius 1 is 0.879 bits per heavy atom. The molecule has 0 saturated carbocycles. The van der Waals surface area contributed by atoms with Crippen molar-refractivity contribution < 1.29 is 9.59 Å². The molecule has 3 aromatic carbocycles. The fourth-order valence-corrected chi connectivity index (χ4v) is 4.78. The quantitative estimate of drug-likeness (QED) is 0.392. The number of carbonyl (C=O) groups is 2. The van der Waals surface area contributed by atoms with Crippen LogP contribution in [-0.4, -0.2) is 22.8 Å². The number of amides is 2. The molecule has 1 atom stereocenters. The van der Waals surface area contributed by atoms with E-state index in [1.165, 1.54) is 0 Å². The van der Waals surface area contributed by atoms with Gasteiger partial charge in [-0.1, -0.05) is 76.7 Å². The van der Waals surface area contributed by atoms with E-state index in [0.717, 1.165) is 16.7 Å². The number of rotatable bonds is 6. The highest BCUT2D eigenvalue weighted by Gasteiger charge is 2.41. The number of hydrogen-bond donors (Lipinski definition) is 1. The van der Waals surface area contributed by atoms with Crippen LogP contribution in [-0.2, 0) is 16.1 Å². The molecule has 0 aromatic heterocycles. The van der Waals surface area contributed by atoms with Crippen LogP contribution in [0.15, 0.2) is 66.7 Å². The highest BCUT2D eigenvalue weighted by Crippen LogP contribution is 2.36. The summed E-state index contributed by atoms with van der Waals surface area (Å²) in [5.74, 6) is -0.325. The van der Waals surface area contributed by atoms with E-state index in [4.69, 9.17) is 46.4 Å². The first-order valence-electron chi connectivity index (χ1n) is 10.4. The monoisotopic (exact) mass is 520 g/mol. The first-order chi connectivity index (χ1) is 15.8. The summed E-state index contributed by atoms with van der Waals surface area (Å²) in [5.41, 5.74) is 2.46. The van der Waals surface area contributed by atoms with Gasteiger partial charge >= 0.3 is 0 Å². The lowest BCUT2D eigenvalue weighted by Crippen LogP contribution is -2.46. The second kappa shape index (κ2) is 10.4. The van der Waals surface area contributed by atoms with Crippen molar-refractivity contribution in [2.75, 3.05) is 0 Å². The number of nitrogens with zero attached hydrogens (tertiary/aromatic N) is 1. The van der Waals surface area contributed by atoms with Crippen LogP contribution in [0.4, 0.5) is 0 Å². The van der Waals surface area contributed by atoms with Crippen LogP contribution in [0.2, 0.25) is 20.1 Å². The predicted molar refractivity (Wildman–Crippen MR) is 133 cm³/mol. The van der Waals surface area contributed by atoms with Crippen LogP contribution in [0, 0.1) is 0 Å². The molecule has 1 aliphatic heterocycles. The fourth-order valence-electron chi connectivity index (χ4n) is 4.05. The standard InChI is InChI=1S/C25H20Cl4N2O2/c26-18-6-1-15(2-7-18)24(16-3-8-19(27)9-4-16)31-22(11-12-23(31)32)25(33)30-14-17-5-10-20(28)13-21(17)29/h1-10,13,22,24H,11-12,14H2,(H,30,33). The zero-order valence-electron chi connectivity index (χ0n) is 17.4. The number of benzene rings is 3. The first kappa shape index (κ1) is 23.9. The van der Waals surface area contributed by atoms with E-state index in [1.807, 2.05) is 24.3 Å². The average Bonchev–Trinajstić information content (AvgIpc) is 3.17. The first-order valence-corrected chi connectivity index (χ1v) is 11.9. The summed E-state index contributed by atoms with van der Waals surface area (Å²) in [6, 6.07) is 18.6. The van der Waals surface area contributed by atoms with Crippen LogP contribution >= 0.6 is 46.4 Å². The van der Waals surface area contributed by atoms with E-state index < -0.39 is 12.1 Å². The van der Waals surface area contributed by atoms with Crippen molar-refractivity contribution >= 4 is 58.2 Å². The molecule has 1 aliphatic rings. The Hall–Kier alpha value is -2.24. The summed E-state index contributed by atoms with van der Waals surface area (Å²) in [4.78, 5) is 27.9. The van der Waals surface area contributed by atoms with Gasteiger partial charge in [0.25, 0.3) is 0 Å². The van der Waals surface area contributed by atoms with Crippen molar-refractivity contribution in [2.24, 2.45) is 0 Å². The van der Waals surface area contributed by atoms with Crippen LogP contribution in [0.25, 0.3) is 0 Å². The van der Waals surface area contributed by atoms with E-state index in [-0.39, 0.29) is 24.8 Å². The molecule has 1 unspecified atom stereocenters. The van der Waals surface area contributed by atoms with Gasteiger partial charge in [-0.15, -0.1) is 0 Å².